The lowest BCUT2D eigenvalue weighted by Crippen LogP contribution is -2.02. The maximum absolute atomic E-state index is 10.7. The molecule has 0 aliphatic carbocycles. The molecule has 0 unspecified atom stereocenters. The van der Waals surface area contributed by atoms with E-state index in [9.17, 15) is 4.79 Å². The summed E-state index contributed by atoms with van der Waals surface area (Å²) in [4.78, 5) is 15.3. The van der Waals surface area contributed by atoms with Crippen LogP contribution in [0.25, 0.3) is 16.8 Å². The summed E-state index contributed by atoms with van der Waals surface area (Å²) in [6.45, 7) is 0. The van der Waals surface area contributed by atoms with E-state index in [1.54, 1.807) is 6.07 Å². The summed E-state index contributed by atoms with van der Waals surface area (Å²) in [5, 5.41) is 9.47. The molecule has 3 rings (SSSR count). The molecule has 0 bridgehead atoms. The number of imidazole rings is 2. The van der Waals surface area contributed by atoms with Crippen molar-refractivity contribution in [3.05, 3.63) is 33.5 Å². The molecule has 0 amide bonds. The molecule has 7 heteroatoms. The molecule has 5 nitrogen and oxygen atoms in total. The van der Waals surface area contributed by atoms with E-state index in [0.717, 1.165) is 27.1 Å². The molecular formula is C13H11BrClN3O2. The van der Waals surface area contributed by atoms with Crippen molar-refractivity contribution in [1.82, 2.24) is 14.0 Å². The van der Waals surface area contributed by atoms with E-state index >= 15 is 0 Å². The molecule has 0 aliphatic rings. The number of nitrogens with zero attached hydrogens (tertiary/aromatic N) is 3. The lowest BCUT2D eigenvalue weighted by atomic mass is 10.2. The zero-order valence-corrected chi connectivity index (χ0v) is 12.9. The van der Waals surface area contributed by atoms with E-state index < -0.39 is 5.97 Å². The fourth-order valence-electron chi connectivity index (χ4n) is 2.34. The maximum atomic E-state index is 10.7. The van der Waals surface area contributed by atoms with E-state index in [1.165, 1.54) is 0 Å². The van der Waals surface area contributed by atoms with Gasteiger partial charge in [0.25, 0.3) is 0 Å². The summed E-state index contributed by atoms with van der Waals surface area (Å²) in [7, 11) is 1.88. The SMILES string of the molecule is Cn1c(CCC(=O)O)c(Br)n2c3cc(Cl)ccc3nc12. The zero-order valence-electron chi connectivity index (χ0n) is 10.6. The Morgan fingerprint density at radius 3 is 2.95 bits per heavy atom. The molecule has 1 aromatic carbocycles. The summed E-state index contributed by atoms with van der Waals surface area (Å²) < 4.78 is 4.67. The molecule has 0 aliphatic heterocycles. The molecular weight excluding hydrogens is 346 g/mol. The van der Waals surface area contributed by atoms with Crippen LogP contribution >= 0.6 is 27.5 Å². The Balaban J connectivity index is 2.24. The summed E-state index contributed by atoms with van der Waals surface area (Å²) in [5.74, 6) is -0.0572. The highest BCUT2D eigenvalue weighted by Crippen LogP contribution is 2.29. The van der Waals surface area contributed by atoms with Gasteiger partial charge in [-0.05, 0) is 34.1 Å². The Hall–Kier alpha value is -1.53. The molecule has 0 radical (unpaired) electrons. The molecule has 2 heterocycles. The topological polar surface area (TPSA) is 59.5 Å². The minimum Gasteiger partial charge on any atom is -0.481 e. The van der Waals surface area contributed by atoms with Crippen molar-refractivity contribution in [1.29, 1.82) is 0 Å². The van der Waals surface area contributed by atoms with Crippen molar-refractivity contribution in [2.24, 2.45) is 7.05 Å². The van der Waals surface area contributed by atoms with Gasteiger partial charge in [0.05, 0.1) is 23.1 Å². The number of carboxylic acid groups (broad SMARTS) is 1. The van der Waals surface area contributed by atoms with Crippen LogP contribution in [-0.2, 0) is 18.3 Å². The van der Waals surface area contributed by atoms with E-state index in [-0.39, 0.29) is 6.42 Å². The first-order chi connectivity index (χ1) is 9.49. The second-order valence-electron chi connectivity index (χ2n) is 4.57. The highest BCUT2D eigenvalue weighted by atomic mass is 79.9. The Morgan fingerprint density at radius 1 is 1.50 bits per heavy atom. The van der Waals surface area contributed by atoms with Gasteiger partial charge in [-0.3, -0.25) is 9.20 Å². The van der Waals surface area contributed by atoms with Gasteiger partial charge < -0.3 is 9.67 Å². The van der Waals surface area contributed by atoms with Gasteiger partial charge in [0, 0.05) is 18.5 Å². The average molecular weight is 357 g/mol. The Labute approximate surface area is 127 Å². The highest BCUT2D eigenvalue weighted by Gasteiger charge is 2.18. The van der Waals surface area contributed by atoms with Gasteiger partial charge >= 0.3 is 5.97 Å². The molecule has 0 spiro atoms. The van der Waals surface area contributed by atoms with Crippen LogP contribution in [0.2, 0.25) is 5.02 Å². The third-order valence-corrected chi connectivity index (χ3v) is 4.36. The number of carbonyl (C=O) groups is 1. The molecule has 3 aromatic rings. The van der Waals surface area contributed by atoms with Gasteiger partial charge in [-0.1, -0.05) is 11.6 Å². The van der Waals surface area contributed by atoms with Crippen LogP contribution in [0.4, 0.5) is 0 Å². The number of hydrogen-bond acceptors (Lipinski definition) is 2. The molecule has 0 saturated carbocycles. The van der Waals surface area contributed by atoms with Crippen molar-refractivity contribution in [2.75, 3.05) is 0 Å². The quantitative estimate of drug-likeness (QED) is 0.783. The predicted octanol–water partition coefficient (Wildman–Crippen LogP) is 3.26. The van der Waals surface area contributed by atoms with Gasteiger partial charge in [0.15, 0.2) is 0 Å². The first-order valence-electron chi connectivity index (χ1n) is 6.01. The Kier molecular flexibility index (Phi) is 3.22. The smallest absolute Gasteiger partial charge is 0.303 e. The van der Waals surface area contributed by atoms with Gasteiger partial charge in [0.2, 0.25) is 5.78 Å². The van der Waals surface area contributed by atoms with Crippen molar-refractivity contribution in [3.8, 4) is 0 Å². The van der Waals surface area contributed by atoms with Crippen LogP contribution in [0, 0.1) is 0 Å². The molecule has 104 valence electrons. The van der Waals surface area contributed by atoms with Crippen LogP contribution in [0.1, 0.15) is 12.1 Å². The summed E-state index contributed by atoms with van der Waals surface area (Å²) in [6, 6.07) is 5.52. The first-order valence-corrected chi connectivity index (χ1v) is 7.18. The molecule has 0 fully saturated rings. The monoisotopic (exact) mass is 355 g/mol. The van der Waals surface area contributed by atoms with Crippen LogP contribution in [0.3, 0.4) is 0 Å². The third kappa shape index (κ3) is 1.99. The number of aryl methyl sites for hydroxylation is 1. The van der Waals surface area contributed by atoms with Crippen LogP contribution in [0.15, 0.2) is 22.8 Å². The fourth-order valence-corrected chi connectivity index (χ4v) is 3.32. The van der Waals surface area contributed by atoms with Gasteiger partial charge in [-0.25, -0.2) is 4.98 Å². The fraction of sp³-hybridized carbons (Fsp3) is 0.231. The van der Waals surface area contributed by atoms with E-state index in [4.69, 9.17) is 16.7 Å². The number of aromatic nitrogens is 3. The highest BCUT2D eigenvalue weighted by molar-refractivity contribution is 9.10. The Morgan fingerprint density at radius 2 is 2.25 bits per heavy atom. The number of carboxylic acids is 1. The number of halogens is 2. The van der Waals surface area contributed by atoms with Crippen molar-refractivity contribution >= 4 is 50.3 Å². The number of rotatable bonds is 3. The number of benzene rings is 1. The lowest BCUT2D eigenvalue weighted by molar-refractivity contribution is -0.136. The number of hydrogen-bond donors (Lipinski definition) is 1. The van der Waals surface area contributed by atoms with Crippen LogP contribution in [0.5, 0.6) is 0 Å². The summed E-state index contributed by atoms with van der Waals surface area (Å²) >= 11 is 9.58. The van der Waals surface area contributed by atoms with Gasteiger partial charge in [-0.2, -0.15) is 0 Å². The van der Waals surface area contributed by atoms with Crippen molar-refractivity contribution in [2.45, 2.75) is 12.8 Å². The standard InChI is InChI=1S/C13H11BrClN3O2/c1-17-9(4-5-11(19)20)12(14)18-10-6-7(15)2-3-8(10)16-13(17)18/h2-3,6H,4-5H2,1H3,(H,19,20). The molecule has 2 aromatic heterocycles. The second-order valence-corrected chi connectivity index (χ2v) is 5.76. The average Bonchev–Trinajstić information content (AvgIpc) is 2.85. The normalized spacial score (nSPS) is 11.6. The third-order valence-electron chi connectivity index (χ3n) is 3.31. The number of fused-ring (bicyclic) bond motifs is 3. The van der Waals surface area contributed by atoms with E-state index in [2.05, 4.69) is 20.9 Å². The predicted molar refractivity (Wildman–Crippen MR) is 80.3 cm³/mol. The van der Waals surface area contributed by atoms with E-state index in [1.807, 2.05) is 28.1 Å². The largest absolute Gasteiger partial charge is 0.481 e. The first kappa shape index (κ1) is 13.5. The molecule has 1 N–H and O–H groups in total. The zero-order chi connectivity index (χ0) is 14.4. The van der Waals surface area contributed by atoms with Gasteiger partial charge in [-0.15, -0.1) is 0 Å². The molecule has 20 heavy (non-hydrogen) atoms. The minimum absolute atomic E-state index is 0.0816. The van der Waals surface area contributed by atoms with Gasteiger partial charge in [0.1, 0.15) is 4.60 Å². The summed E-state index contributed by atoms with van der Waals surface area (Å²) in [5.41, 5.74) is 2.65. The van der Waals surface area contributed by atoms with E-state index in [0.29, 0.717) is 11.4 Å². The van der Waals surface area contributed by atoms with Crippen molar-refractivity contribution < 1.29 is 9.90 Å². The molecule has 0 atom stereocenters. The second kappa shape index (κ2) is 4.79. The molecule has 0 saturated heterocycles. The maximum Gasteiger partial charge on any atom is 0.303 e. The lowest BCUT2D eigenvalue weighted by Gasteiger charge is -2.01. The van der Waals surface area contributed by atoms with Crippen LogP contribution < -0.4 is 0 Å². The van der Waals surface area contributed by atoms with Crippen LogP contribution in [-0.4, -0.2) is 25.0 Å². The minimum atomic E-state index is -0.816. The summed E-state index contributed by atoms with van der Waals surface area (Å²) in [6.07, 6.45) is 0.524. The number of aliphatic carboxylic acids is 1. The Bertz CT molecular complexity index is 837. The van der Waals surface area contributed by atoms with Crippen molar-refractivity contribution in [3.63, 3.8) is 0 Å².